The summed E-state index contributed by atoms with van der Waals surface area (Å²) in [5.74, 6) is 0.179. The van der Waals surface area contributed by atoms with E-state index in [0.717, 1.165) is 31.2 Å². The second kappa shape index (κ2) is 9.64. The predicted molar refractivity (Wildman–Crippen MR) is 121 cm³/mol. The van der Waals surface area contributed by atoms with Crippen LogP contribution in [0.2, 0.25) is 0 Å². The van der Waals surface area contributed by atoms with E-state index in [1.807, 2.05) is 41.8 Å². The van der Waals surface area contributed by atoms with Gasteiger partial charge in [0.05, 0.1) is 16.9 Å². The third-order valence-electron chi connectivity index (χ3n) is 5.44. The first kappa shape index (κ1) is 21.6. The normalized spacial score (nSPS) is 15.5. The van der Waals surface area contributed by atoms with Crippen molar-refractivity contribution < 1.29 is 9.18 Å². The van der Waals surface area contributed by atoms with Crippen molar-refractivity contribution in [2.75, 3.05) is 0 Å². The van der Waals surface area contributed by atoms with Gasteiger partial charge in [-0.1, -0.05) is 67.6 Å². The highest BCUT2D eigenvalue weighted by Crippen LogP contribution is 2.42. The molecule has 0 aliphatic heterocycles. The van der Waals surface area contributed by atoms with Gasteiger partial charge in [0.1, 0.15) is 5.82 Å². The summed E-state index contributed by atoms with van der Waals surface area (Å²) in [7, 11) is 0. The van der Waals surface area contributed by atoms with Crippen LogP contribution in [0.25, 0.3) is 11.4 Å². The van der Waals surface area contributed by atoms with Gasteiger partial charge in [-0.15, -0.1) is 10.2 Å². The lowest BCUT2D eigenvalue weighted by molar-refractivity contribution is -0.121. The summed E-state index contributed by atoms with van der Waals surface area (Å²) in [4.78, 5) is 13.0. The van der Waals surface area contributed by atoms with Crippen LogP contribution >= 0.6 is 11.8 Å². The molecular formula is C24H27FN4OS. The van der Waals surface area contributed by atoms with E-state index in [-0.39, 0.29) is 29.1 Å². The number of hydrogen-bond donors (Lipinski definition) is 1. The molecule has 1 N–H and O–H groups in total. The zero-order valence-corrected chi connectivity index (χ0v) is 18.6. The number of carbonyl (C=O) groups is 1. The maximum Gasteiger partial charge on any atom is 0.233 e. The molecule has 5 nitrogen and oxygen atoms in total. The van der Waals surface area contributed by atoms with Crippen LogP contribution in [0.3, 0.4) is 0 Å². The molecule has 0 radical (unpaired) electrons. The summed E-state index contributed by atoms with van der Waals surface area (Å²) in [6.07, 6.45) is 3.88. The third kappa shape index (κ3) is 4.98. The largest absolute Gasteiger partial charge is 0.348 e. The fourth-order valence-electron chi connectivity index (χ4n) is 3.64. The molecule has 1 aliphatic rings. The lowest BCUT2D eigenvalue weighted by Gasteiger charge is -2.21. The monoisotopic (exact) mass is 438 g/mol. The van der Waals surface area contributed by atoms with Crippen molar-refractivity contribution in [3.63, 3.8) is 0 Å². The first-order chi connectivity index (χ1) is 15.1. The SMILES string of the molecule is CCC[C@@H](NC(=O)[C@H](C)Sc1nnc(-c2ccccc2F)n1C1CC1)c1ccccc1. The van der Waals surface area contributed by atoms with Crippen LogP contribution in [0.4, 0.5) is 4.39 Å². The number of amides is 1. The molecule has 7 heteroatoms. The minimum Gasteiger partial charge on any atom is -0.348 e. The number of halogens is 1. The fourth-order valence-corrected chi connectivity index (χ4v) is 4.57. The molecule has 2 atom stereocenters. The van der Waals surface area contributed by atoms with Gasteiger partial charge in [-0.2, -0.15) is 0 Å². The second-order valence-corrected chi connectivity index (χ2v) is 9.22. The van der Waals surface area contributed by atoms with E-state index < -0.39 is 0 Å². The second-order valence-electron chi connectivity index (χ2n) is 7.91. The Kier molecular flexibility index (Phi) is 6.70. The fraction of sp³-hybridized carbons (Fsp3) is 0.375. The van der Waals surface area contributed by atoms with Crippen LogP contribution in [0.15, 0.2) is 59.8 Å². The van der Waals surface area contributed by atoms with Crippen LogP contribution in [0, 0.1) is 5.82 Å². The van der Waals surface area contributed by atoms with Crippen LogP contribution in [-0.4, -0.2) is 25.9 Å². The Morgan fingerprint density at radius 2 is 1.87 bits per heavy atom. The molecule has 1 aliphatic carbocycles. The predicted octanol–water partition coefficient (Wildman–Crippen LogP) is 5.56. The number of nitrogens with zero attached hydrogens (tertiary/aromatic N) is 3. The number of rotatable bonds is 9. The molecule has 0 unspecified atom stereocenters. The summed E-state index contributed by atoms with van der Waals surface area (Å²) < 4.78 is 16.4. The van der Waals surface area contributed by atoms with Crippen molar-refractivity contribution in [1.82, 2.24) is 20.1 Å². The molecule has 0 bridgehead atoms. The number of aromatic nitrogens is 3. The molecule has 1 saturated carbocycles. The highest BCUT2D eigenvalue weighted by molar-refractivity contribution is 8.00. The molecule has 31 heavy (non-hydrogen) atoms. The Morgan fingerprint density at radius 1 is 1.16 bits per heavy atom. The van der Waals surface area contributed by atoms with Crippen LogP contribution in [0.1, 0.15) is 57.2 Å². The highest BCUT2D eigenvalue weighted by atomic mass is 32.2. The minimum atomic E-state index is -0.349. The number of benzene rings is 2. The standard InChI is InChI=1S/C24H27FN4OS/c1-3-9-21(17-10-5-4-6-11-17)26-23(30)16(2)31-24-28-27-22(29(24)18-14-15-18)19-12-7-8-13-20(19)25/h4-8,10-13,16,18,21H,3,9,14-15H2,1-2H3,(H,26,30)/t16-,21+/m0/s1. The smallest absolute Gasteiger partial charge is 0.233 e. The molecule has 1 fully saturated rings. The average molecular weight is 439 g/mol. The first-order valence-electron chi connectivity index (χ1n) is 10.8. The van der Waals surface area contributed by atoms with E-state index in [0.29, 0.717) is 16.5 Å². The average Bonchev–Trinajstić information content (AvgIpc) is 3.54. The van der Waals surface area contributed by atoms with E-state index in [4.69, 9.17) is 0 Å². The maximum absolute atomic E-state index is 14.4. The lowest BCUT2D eigenvalue weighted by Crippen LogP contribution is -2.34. The molecule has 0 spiro atoms. The van der Waals surface area contributed by atoms with Gasteiger partial charge >= 0.3 is 0 Å². The van der Waals surface area contributed by atoms with E-state index in [1.54, 1.807) is 18.2 Å². The van der Waals surface area contributed by atoms with E-state index in [9.17, 15) is 9.18 Å². The lowest BCUT2D eigenvalue weighted by atomic mass is 10.0. The van der Waals surface area contributed by atoms with Crippen molar-refractivity contribution >= 4 is 17.7 Å². The minimum absolute atomic E-state index is 0.0166. The van der Waals surface area contributed by atoms with Crippen molar-refractivity contribution in [1.29, 1.82) is 0 Å². The summed E-state index contributed by atoms with van der Waals surface area (Å²) in [6, 6.07) is 16.9. The maximum atomic E-state index is 14.4. The van der Waals surface area contributed by atoms with Gasteiger partial charge in [0.25, 0.3) is 0 Å². The van der Waals surface area contributed by atoms with Gasteiger partial charge in [0.15, 0.2) is 11.0 Å². The highest BCUT2D eigenvalue weighted by Gasteiger charge is 2.32. The van der Waals surface area contributed by atoms with E-state index in [2.05, 4.69) is 22.4 Å². The molecule has 2 aromatic carbocycles. The Bertz CT molecular complexity index is 1040. The van der Waals surface area contributed by atoms with Crippen molar-refractivity contribution in [2.45, 2.75) is 62.0 Å². The van der Waals surface area contributed by atoms with Crippen LogP contribution in [-0.2, 0) is 4.79 Å². The Morgan fingerprint density at radius 3 is 2.55 bits per heavy atom. The quantitative estimate of drug-likeness (QED) is 0.445. The van der Waals surface area contributed by atoms with Gasteiger partial charge in [-0.25, -0.2) is 4.39 Å². The first-order valence-corrected chi connectivity index (χ1v) is 11.7. The molecule has 1 aromatic heterocycles. The summed E-state index contributed by atoms with van der Waals surface area (Å²) in [5.41, 5.74) is 1.55. The van der Waals surface area contributed by atoms with E-state index in [1.165, 1.54) is 17.8 Å². The number of hydrogen-bond acceptors (Lipinski definition) is 4. The van der Waals surface area contributed by atoms with Crippen LogP contribution in [0.5, 0.6) is 0 Å². The summed E-state index contributed by atoms with van der Waals surface area (Å²) >= 11 is 1.38. The van der Waals surface area contributed by atoms with Gasteiger partial charge in [-0.05, 0) is 43.9 Å². The molecule has 1 heterocycles. The zero-order chi connectivity index (χ0) is 21.8. The number of nitrogens with one attached hydrogen (secondary N) is 1. The van der Waals surface area contributed by atoms with Crippen molar-refractivity contribution in [3.8, 4) is 11.4 Å². The molecule has 4 rings (SSSR count). The third-order valence-corrected chi connectivity index (χ3v) is 6.50. The molecule has 0 saturated heterocycles. The van der Waals surface area contributed by atoms with E-state index >= 15 is 0 Å². The Balaban J connectivity index is 1.51. The number of thioether (sulfide) groups is 1. The van der Waals surface area contributed by atoms with Crippen molar-refractivity contribution in [2.24, 2.45) is 0 Å². The Labute approximate surface area is 186 Å². The molecule has 3 aromatic rings. The van der Waals surface area contributed by atoms with Gasteiger partial charge in [0, 0.05) is 6.04 Å². The molecular weight excluding hydrogens is 411 g/mol. The topological polar surface area (TPSA) is 59.8 Å². The summed E-state index contributed by atoms with van der Waals surface area (Å²) in [5, 5.41) is 12.1. The van der Waals surface area contributed by atoms with Crippen LogP contribution < -0.4 is 5.32 Å². The van der Waals surface area contributed by atoms with Gasteiger partial charge in [0.2, 0.25) is 5.91 Å². The zero-order valence-electron chi connectivity index (χ0n) is 17.8. The molecule has 1 amide bonds. The Hall–Kier alpha value is -2.67. The summed E-state index contributed by atoms with van der Waals surface area (Å²) in [6.45, 7) is 3.99. The van der Waals surface area contributed by atoms with Crippen molar-refractivity contribution in [3.05, 3.63) is 66.0 Å². The van der Waals surface area contributed by atoms with Gasteiger partial charge < -0.3 is 5.32 Å². The van der Waals surface area contributed by atoms with Gasteiger partial charge in [-0.3, -0.25) is 9.36 Å². The molecule has 162 valence electrons. The number of carbonyl (C=O) groups excluding carboxylic acids is 1.